The van der Waals surface area contributed by atoms with Crippen LogP contribution < -0.4 is 10.6 Å². The zero-order valence-corrected chi connectivity index (χ0v) is 11.6. The maximum Gasteiger partial charge on any atom is 0.243 e. The lowest BCUT2D eigenvalue weighted by Gasteiger charge is -2.08. The van der Waals surface area contributed by atoms with Crippen LogP contribution in [-0.2, 0) is 16.0 Å². The molecule has 0 atom stereocenters. The summed E-state index contributed by atoms with van der Waals surface area (Å²) in [6.07, 6.45) is 0.127. The monoisotopic (exact) mass is 304 g/mol. The second-order valence-electron chi connectivity index (χ2n) is 4.58. The summed E-state index contributed by atoms with van der Waals surface area (Å²) in [6.45, 7) is -0.362. The first-order valence-electron chi connectivity index (χ1n) is 6.61. The summed E-state index contributed by atoms with van der Waals surface area (Å²) >= 11 is 0. The van der Waals surface area contributed by atoms with Crippen molar-refractivity contribution in [2.45, 2.75) is 6.42 Å². The van der Waals surface area contributed by atoms with Crippen molar-refractivity contribution in [3.05, 3.63) is 65.7 Å². The molecule has 6 heteroatoms. The molecule has 0 aliphatic heterocycles. The van der Waals surface area contributed by atoms with Crippen LogP contribution in [0.5, 0.6) is 0 Å². The molecule has 0 unspecified atom stereocenters. The lowest BCUT2D eigenvalue weighted by Crippen LogP contribution is -2.34. The molecule has 22 heavy (non-hydrogen) atoms. The molecule has 0 spiro atoms. The summed E-state index contributed by atoms with van der Waals surface area (Å²) in [5, 5.41) is 4.49. The van der Waals surface area contributed by atoms with Crippen LogP contribution in [-0.4, -0.2) is 18.4 Å². The highest BCUT2D eigenvalue weighted by Crippen LogP contribution is 2.17. The summed E-state index contributed by atoms with van der Waals surface area (Å²) in [5.41, 5.74) is 0.283. The number of hydrogen-bond donors (Lipinski definition) is 2. The van der Waals surface area contributed by atoms with Gasteiger partial charge in [0.1, 0.15) is 17.3 Å². The van der Waals surface area contributed by atoms with Gasteiger partial charge in [0.15, 0.2) is 0 Å². The Morgan fingerprint density at radius 1 is 0.864 bits per heavy atom. The smallest absolute Gasteiger partial charge is 0.243 e. The Kier molecular flexibility index (Phi) is 5.19. The maximum atomic E-state index is 13.4. The van der Waals surface area contributed by atoms with Crippen LogP contribution in [0.15, 0.2) is 48.5 Å². The van der Waals surface area contributed by atoms with E-state index in [-0.39, 0.29) is 18.9 Å². The molecule has 2 amide bonds. The van der Waals surface area contributed by atoms with Crippen LogP contribution in [0.1, 0.15) is 5.56 Å². The molecule has 0 radical (unpaired) electrons. The van der Waals surface area contributed by atoms with Crippen LogP contribution in [0.2, 0.25) is 0 Å². The van der Waals surface area contributed by atoms with Crippen molar-refractivity contribution in [2.24, 2.45) is 0 Å². The first-order chi connectivity index (χ1) is 10.6. The molecule has 0 aromatic heterocycles. The highest BCUT2D eigenvalue weighted by atomic mass is 19.1. The zero-order valence-electron chi connectivity index (χ0n) is 11.6. The predicted octanol–water partition coefficient (Wildman–Crippen LogP) is 2.26. The Balaban J connectivity index is 1.84. The summed E-state index contributed by atoms with van der Waals surface area (Å²) < 4.78 is 26.7. The average Bonchev–Trinajstić information content (AvgIpc) is 2.50. The van der Waals surface area contributed by atoms with Gasteiger partial charge >= 0.3 is 0 Å². The normalized spacial score (nSPS) is 10.1. The molecule has 4 nitrogen and oxygen atoms in total. The van der Waals surface area contributed by atoms with Crippen molar-refractivity contribution in [1.82, 2.24) is 5.32 Å². The van der Waals surface area contributed by atoms with E-state index >= 15 is 0 Å². The number of benzene rings is 2. The van der Waals surface area contributed by atoms with Crippen molar-refractivity contribution < 1.29 is 18.4 Å². The molecule has 114 valence electrons. The van der Waals surface area contributed by atoms with Gasteiger partial charge in [-0.25, -0.2) is 8.78 Å². The quantitative estimate of drug-likeness (QED) is 0.890. The maximum absolute atomic E-state index is 13.4. The van der Waals surface area contributed by atoms with Crippen LogP contribution in [0.4, 0.5) is 14.5 Å². The number of carbonyl (C=O) groups excluding carboxylic acids is 2. The Morgan fingerprint density at radius 2 is 1.50 bits per heavy atom. The molecular weight excluding hydrogens is 290 g/mol. The Hall–Kier alpha value is -2.76. The van der Waals surface area contributed by atoms with Crippen molar-refractivity contribution in [1.29, 1.82) is 0 Å². The van der Waals surface area contributed by atoms with Crippen molar-refractivity contribution in [2.75, 3.05) is 11.9 Å². The Labute approximate surface area is 126 Å². The molecule has 0 saturated heterocycles. The molecule has 0 bridgehead atoms. The van der Waals surface area contributed by atoms with Gasteiger partial charge in [-0.15, -0.1) is 0 Å². The first kappa shape index (κ1) is 15.6. The minimum atomic E-state index is -0.871. The molecule has 0 heterocycles. The van der Waals surface area contributed by atoms with Gasteiger partial charge in [0.25, 0.3) is 0 Å². The van der Waals surface area contributed by atoms with Crippen LogP contribution >= 0.6 is 0 Å². The van der Waals surface area contributed by atoms with Gasteiger partial charge in [0.05, 0.1) is 13.0 Å². The first-order valence-corrected chi connectivity index (χ1v) is 6.61. The number of carbonyl (C=O) groups is 2. The fourth-order valence-corrected chi connectivity index (χ4v) is 1.82. The summed E-state index contributed by atoms with van der Waals surface area (Å²) in [5.74, 6) is -2.80. The van der Waals surface area contributed by atoms with Crippen molar-refractivity contribution in [3.8, 4) is 0 Å². The fourth-order valence-electron chi connectivity index (χ4n) is 1.82. The third-order valence-corrected chi connectivity index (χ3v) is 2.88. The van der Waals surface area contributed by atoms with E-state index in [1.807, 2.05) is 6.07 Å². The standard InChI is InChI=1S/C16H14F2N2O2/c17-12-7-4-8-13(18)16(12)20-15(22)10-19-14(21)9-11-5-2-1-3-6-11/h1-8H,9-10H2,(H,19,21)(H,20,22). The summed E-state index contributed by atoms with van der Waals surface area (Å²) in [7, 11) is 0. The number of amides is 2. The van der Waals surface area contributed by atoms with E-state index in [4.69, 9.17) is 0 Å². The van der Waals surface area contributed by atoms with Crippen LogP contribution in [0, 0.1) is 11.6 Å². The summed E-state index contributed by atoms with van der Waals surface area (Å²) in [6, 6.07) is 12.3. The second-order valence-corrected chi connectivity index (χ2v) is 4.58. The van der Waals surface area contributed by atoms with Crippen LogP contribution in [0.25, 0.3) is 0 Å². The third-order valence-electron chi connectivity index (χ3n) is 2.88. The van der Waals surface area contributed by atoms with Gasteiger partial charge in [0, 0.05) is 0 Å². The largest absolute Gasteiger partial charge is 0.347 e. The Morgan fingerprint density at radius 3 is 2.14 bits per heavy atom. The number of halogens is 2. The zero-order chi connectivity index (χ0) is 15.9. The predicted molar refractivity (Wildman–Crippen MR) is 78.1 cm³/mol. The van der Waals surface area contributed by atoms with Gasteiger partial charge in [0.2, 0.25) is 11.8 Å². The minimum absolute atomic E-state index is 0.127. The topological polar surface area (TPSA) is 58.2 Å². The van der Waals surface area contributed by atoms with E-state index in [0.29, 0.717) is 0 Å². The van der Waals surface area contributed by atoms with Gasteiger partial charge < -0.3 is 10.6 Å². The van der Waals surface area contributed by atoms with Gasteiger partial charge in [-0.3, -0.25) is 9.59 Å². The molecular formula is C16H14F2N2O2. The second kappa shape index (κ2) is 7.31. The number of rotatable bonds is 5. The number of anilines is 1. The number of nitrogens with one attached hydrogen (secondary N) is 2. The molecule has 2 rings (SSSR count). The molecule has 2 N–H and O–H groups in total. The minimum Gasteiger partial charge on any atom is -0.347 e. The lowest BCUT2D eigenvalue weighted by molar-refractivity contribution is -0.123. The van der Waals surface area contributed by atoms with Crippen molar-refractivity contribution in [3.63, 3.8) is 0 Å². The molecule has 0 aliphatic carbocycles. The third kappa shape index (κ3) is 4.37. The van der Waals surface area contributed by atoms with Gasteiger partial charge in [-0.1, -0.05) is 36.4 Å². The molecule has 0 fully saturated rings. The summed E-state index contributed by atoms with van der Waals surface area (Å²) in [4.78, 5) is 23.3. The van der Waals surface area contributed by atoms with Crippen LogP contribution in [0.3, 0.4) is 0 Å². The molecule has 2 aromatic rings. The van der Waals surface area contributed by atoms with E-state index in [1.54, 1.807) is 24.3 Å². The molecule has 0 aliphatic rings. The molecule has 2 aromatic carbocycles. The average molecular weight is 304 g/mol. The number of hydrogen-bond acceptors (Lipinski definition) is 2. The number of para-hydroxylation sites is 1. The van der Waals surface area contributed by atoms with Gasteiger partial charge in [-0.05, 0) is 17.7 Å². The fraction of sp³-hybridized carbons (Fsp3) is 0.125. The molecule has 0 saturated carbocycles. The highest BCUT2D eigenvalue weighted by Gasteiger charge is 2.12. The Bertz CT molecular complexity index is 655. The van der Waals surface area contributed by atoms with E-state index in [9.17, 15) is 18.4 Å². The highest BCUT2D eigenvalue weighted by molar-refractivity contribution is 5.94. The van der Waals surface area contributed by atoms with Crippen molar-refractivity contribution >= 4 is 17.5 Å². The van der Waals surface area contributed by atoms with Gasteiger partial charge in [-0.2, -0.15) is 0 Å². The lowest BCUT2D eigenvalue weighted by atomic mass is 10.1. The van der Waals surface area contributed by atoms with E-state index in [1.165, 1.54) is 6.07 Å². The SMILES string of the molecule is O=C(Cc1ccccc1)NCC(=O)Nc1c(F)cccc1F. The van der Waals surface area contributed by atoms with E-state index in [2.05, 4.69) is 10.6 Å². The van der Waals surface area contributed by atoms with E-state index in [0.717, 1.165) is 17.7 Å². The van der Waals surface area contributed by atoms with E-state index < -0.39 is 23.2 Å².